The lowest BCUT2D eigenvalue weighted by Crippen LogP contribution is -1.61. The van der Waals surface area contributed by atoms with Gasteiger partial charge in [-0.1, -0.05) is 17.6 Å². The molecule has 0 nitrogen and oxygen atoms in total. The van der Waals surface area contributed by atoms with Gasteiger partial charge in [-0.25, -0.2) is 0 Å². The van der Waals surface area contributed by atoms with E-state index in [1.807, 2.05) is 6.08 Å². The van der Waals surface area contributed by atoms with E-state index in [1.165, 1.54) is 0 Å². The maximum Gasteiger partial charge on any atom is 0.125 e. The van der Waals surface area contributed by atoms with E-state index in [4.69, 9.17) is 7.85 Å². The Bertz CT molecular complexity index is 136. The predicted molar refractivity (Wildman–Crippen MR) is 26.5 cm³/mol. The van der Waals surface area contributed by atoms with Crippen molar-refractivity contribution in [3.63, 3.8) is 0 Å². The summed E-state index contributed by atoms with van der Waals surface area (Å²) in [6.07, 6.45) is 5.45. The Morgan fingerprint density at radius 1 is 1.67 bits per heavy atom. The van der Waals surface area contributed by atoms with Gasteiger partial charge in [0.1, 0.15) is 7.85 Å². The normalized spacial score (nSPS) is 15.7. The molecule has 26 valence electrons. The fourth-order valence-electron chi connectivity index (χ4n) is 0.344. The van der Waals surface area contributed by atoms with Crippen LogP contribution in [-0.2, 0) is 0 Å². The minimum absolute atomic E-state index is 0.718. The van der Waals surface area contributed by atoms with Gasteiger partial charge in [-0.15, -0.1) is 5.73 Å². The van der Waals surface area contributed by atoms with Gasteiger partial charge in [0, 0.05) is 0 Å². The summed E-state index contributed by atoms with van der Waals surface area (Å²) in [6, 6.07) is 0. The van der Waals surface area contributed by atoms with Gasteiger partial charge in [-0.2, -0.15) is 0 Å². The third kappa shape index (κ3) is 0.449. The molecule has 1 heteroatoms. The summed E-state index contributed by atoms with van der Waals surface area (Å²) < 4.78 is 0. The van der Waals surface area contributed by atoms with Crippen LogP contribution in [0.1, 0.15) is 0 Å². The summed E-state index contributed by atoms with van der Waals surface area (Å²) in [5, 5.41) is 0. The van der Waals surface area contributed by atoms with Gasteiger partial charge in [-0.05, 0) is 6.08 Å². The number of rotatable bonds is 0. The van der Waals surface area contributed by atoms with Crippen LogP contribution in [0.4, 0.5) is 0 Å². The highest BCUT2D eigenvalue weighted by Gasteiger charge is 1.77. The molecule has 0 saturated carbocycles. The van der Waals surface area contributed by atoms with E-state index in [9.17, 15) is 0 Å². The van der Waals surface area contributed by atoms with E-state index >= 15 is 0 Å². The van der Waals surface area contributed by atoms with Crippen molar-refractivity contribution >= 4 is 7.85 Å². The van der Waals surface area contributed by atoms with Crippen LogP contribution in [0, 0.1) is 0 Å². The Hall–Kier alpha value is -0.675. The molecule has 0 aliphatic heterocycles. The first kappa shape index (κ1) is 3.51. The Morgan fingerprint density at radius 2 is 2.50 bits per heavy atom. The number of hydrogen-bond acceptors (Lipinski definition) is 0. The Kier molecular flexibility index (Phi) is 0.700. The molecule has 2 radical (unpaired) electrons. The minimum atomic E-state index is 0.718. The van der Waals surface area contributed by atoms with Crippen LogP contribution in [0.25, 0.3) is 0 Å². The first-order chi connectivity index (χ1) is 2.89. The molecule has 0 atom stereocenters. The molecule has 1 rings (SSSR count). The lowest BCUT2D eigenvalue weighted by Gasteiger charge is -1.69. The summed E-state index contributed by atoms with van der Waals surface area (Å²) in [6.45, 7) is 0. The van der Waals surface area contributed by atoms with E-state index in [2.05, 4.69) is 5.73 Å². The lowest BCUT2D eigenvalue weighted by molar-refractivity contribution is 2.02. The van der Waals surface area contributed by atoms with Crippen molar-refractivity contribution in [2.24, 2.45) is 0 Å². The quantitative estimate of drug-likeness (QED) is 0.294. The molecule has 0 bridgehead atoms. The third-order valence-corrected chi connectivity index (χ3v) is 0.622. The van der Waals surface area contributed by atoms with Crippen molar-refractivity contribution in [1.29, 1.82) is 0 Å². The van der Waals surface area contributed by atoms with Crippen LogP contribution in [0.2, 0.25) is 0 Å². The van der Waals surface area contributed by atoms with Gasteiger partial charge in [-0.3, -0.25) is 0 Å². The summed E-state index contributed by atoms with van der Waals surface area (Å²) >= 11 is 0. The van der Waals surface area contributed by atoms with E-state index in [0.29, 0.717) is 0 Å². The largest absolute Gasteiger partial charge is 0.129 e. The highest BCUT2D eigenvalue weighted by atomic mass is 13.8. The average molecular weight is 73.9 g/mol. The van der Waals surface area contributed by atoms with Crippen LogP contribution in [0.5, 0.6) is 0 Å². The summed E-state index contributed by atoms with van der Waals surface area (Å²) in [5.41, 5.74) is 3.50. The van der Waals surface area contributed by atoms with Crippen LogP contribution in [0.3, 0.4) is 0 Å². The Balaban J connectivity index is 2.98. The SMILES string of the molecule is [B]C1=C=CC=C1. The first-order valence-electron chi connectivity index (χ1n) is 1.78. The molecule has 0 amide bonds. The van der Waals surface area contributed by atoms with E-state index in [-0.39, 0.29) is 0 Å². The standard InChI is InChI=1S/C5H3B/c6-5-3-1-2-4-5/h1-3H. The van der Waals surface area contributed by atoms with E-state index in [0.717, 1.165) is 5.47 Å². The molecule has 1 aliphatic carbocycles. The van der Waals surface area contributed by atoms with Crippen LogP contribution in [-0.4, -0.2) is 7.85 Å². The van der Waals surface area contributed by atoms with Gasteiger partial charge in [0.25, 0.3) is 0 Å². The molecule has 0 N–H and O–H groups in total. The summed E-state index contributed by atoms with van der Waals surface area (Å²) in [5.74, 6) is 0. The molecule has 0 unspecified atom stereocenters. The highest BCUT2D eigenvalue weighted by molar-refractivity contribution is 6.23. The average Bonchev–Trinajstić information content (AvgIpc) is 1.86. The zero-order chi connectivity index (χ0) is 4.41. The number of hydrogen-bond donors (Lipinski definition) is 0. The minimum Gasteiger partial charge on any atom is -0.129 e. The second-order valence-electron chi connectivity index (χ2n) is 1.13. The lowest BCUT2D eigenvalue weighted by atomic mass is 9.99. The molecule has 0 aromatic rings. The van der Waals surface area contributed by atoms with E-state index in [1.54, 1.807) is 12.2 Å². The van der Waals surface area contributed by atoms with Crippen molar-refractivity contribution < 1.29 is 0 Å². The molecular formula is C5H3B. The predicted octanol–water partition coefficient (Wildman–Crippen LogP) is 0.764. The number of allylic oxidation sites excluding steroid dienone is 3. The zero-order valence-electron chi connectivity index (χ0n) is 3.31. The summed E-state index contributed by atoms with van der Waals surface area (Å²) in [4.78, 5) is 0. The van der Waals surface area contributed by atoms with Gasteiger partial charge in [0.05, 0.1) is 0 Å². The second kappa shape index (κ2) is 1.20. The van der Waals surface area contributed by atoms with Crippen molar-refractivity contribution in [1.82, 2.24) is 0 Å². The van der Waals surface area contributed by atoms with Crippen molar-refractivity contribution in [3.05, 3.63) is 29.4 Å². The molecule has 0 spiro atoms. The maximum absolute atomic E-state index is 5.22. The fraction of sp³-hybridized carbons (Fsp3) is 0. The Morgan fingerprint density at radius 3 is 2.67 bits per heavy atom. The molecule has 0 aromatic heterocycles. The first-order valence-corrected chi connectivity index (χ1v) is 1.78. The van der Waals surface area contributed by atoms with Gasteiger partial charge < -0.3 is 0 Å². The molecule has 0 heterocycles. The zero-order valence-corrected chi connectivity index (χ0v) is 3.31. The second-order valence-corrected chi connectivity index (χ2v) is 1.13. The maximum atomic E-state index is 5.22. The molecule has 1 aliphatic rings. The molecule has 0 fully saturated rings. The Labute approximate surface area is 38.3 Å². The summed E-state index contributed by atoms with van der Waals surface area (Å²) in [7, 11) is 5.22. The van der Waals surface area contributed by atoms with Crippen LogP contribution in [0.15, 0.2) is 29.4 Å². The molecule has 0 saturated heterocycles. The smallest absolute Gasteiger partial charge is 0.125 e. The topological polar surface area (TPSA) is 0 Å². The molecular weight excluding hydrogens is 70.9 g/mol. The molecule has 0 aromatic carbocycles. The van der Waals surface area contributed by atoms with Crippen molar-refractivity contribution in [2.45, 2.75) is 0 Å². The fourth-order valence-corrected chi connectivity index (χ4v) is 0.344. The monoisotopic (exact) mass is 74.0 g/mol. The highest BCUT2D eigenvalue weighted by Crippen LogP contribution is 1.92. The van der Waals surface area contributed by atoms with Crippen molar-refractivity contribution in [3.8, 4) is 0 Å². The van der Waals surface area contributed by atoms with Crippen molar-refractivity contribution in [2.75, 3.05) is 0 Å². The molecule has 6 heavy (non-hydrogen) atoms. The van der Waals surface area contributed by atoms with Crippen LogP contribution >= 0.6 is 0 Å². The van der Waals surface area contributed by atoms with E-state index < -0.39 is 0 Å². The van der Waals surface area contributed by atoms with Gasteiger partial charge in [0.15, 0.2) is 0 Å². The van der Waals surface area contributed by atoms with Gasteiger partial charge >= 0.3 is 0 Å². The van der Waals surface area contributed by atoms with Crippen LogP contribution < -0.4 is 0 Å². The third-order valence-electron chi connectivity index (χ3n) is 0.622. The van der Waals surface area contributed by atoms with Gasteiger partial charge in [0.2, 0.25) is 0 Å².